The van der Waals surface area contributed by atoms with E-state index in [1.165, 1.54) is 0 Å². The van der Waals surface area contributed by atoms with Crippen molar-refractivity contribution in [2.45, 2.75) is 18.8 Å². The highest BCUT2D eigenvalue weighted by Gasteiger charge is 2.16. The molecule has 0 aromatic carbocycles. The lowest BCUT2D eigenvalue weighted by Crippen LogP contribution is -2.07. The van der Waals surface area contributed by atoms with Crippen molar-refractivity contribution in [2.24, 2.45) is 0 Å². The molecule has 3 aromatic heterocycles. The van der Waals surface area contributed by atoms with E-state index in [0.717, 1.165) is 27.2 Å². The van der Waals surface area contributed by atoms with E-state index < -0.39 is 0 Å². The van der Waals surface area contributed by atoms with Gasteiger partial charge in [0, 0.05) is 16.9 Å². The zero-order valence-electron chi connectivity index (χ0n) is 10.8. The fourth-order valence-electron chi connectivity index (χ4n) is 2.12. The van der Waals surface area contributed by atoms with Crippen LogP contribution in [0.2, 0.25) is 0 Å². The van der Waals surface area contributed by atoms with E-state index in [4.69, 9.17) is 11.6 Å². The molecular formula is C14H12BrClN4. The number of alkyl halides is 1. The van der Waals surface area contributed by atoms with E-state index in [0.29, 0.717) is 6.54 Å². The molecule has 0 amide bonds. The number of hydrogen-bond donors (Lipinski definition) is 0. The van der Waals surface area contributed by atoms with Gasteiger partial charge in [0.05, 0.1) is 17.6 Å². The minimum atomic E-state index is -0.188. The van der Waals surface area contributed by atoms with Crippen LogP contribution in [0, 0.1) is 0 Å². The average molecular weight is 352 g/mol. The van der Waals surface area contributed by atoms with E-state index in [1.54, 1.807) is 12.4 Å². The minimum absolute atomic E-state index is 0.188. The van der Waals surface area contributed by atoms with Gasteiger partial charge in [0.1, 0.15) is 11.3 Å². The third-order valence-corrected chi connectivity index (χ3v) is 3.61. The van der Waals surface area contributed by atoms with Gasteiger partial charge in [-0.15, -0.1) is 11.6 Å². The molecule has 20 heavy (non-hydrogen) atoms. The number of aromatic nitrogens is 4. The lowest BCUT2D eigenvalue weighted by atomic mass is 10.3. The van der Waals surface area contributed by atoms with Crippen LogP contribution in [0.1, 0.15) is 23.8 Å². The van der Waals surface area contributed by atoms with Crippen LogP contribution in [0.15, 0.2) is 41.1 Å². The quantitative estimate of drug-likeness (QED) is 0.671. The number of fused-ring (bicyclic) bond motifs is 1. The first-order chi connectivity index (χ1) is 9.65. The van der Waals surface area contributed by atoms with Gasteiger partial charge in [0.2, 0.25) is 0 Å². The minimum Gasteiger partial charge on any atom is -0.305 e. The molecule has 1 unspecified atom stereocenters. The molecule has 1 atom stereocenters. The molecule has 102 valence electrons. The van der Waals surface area contributed by atoms with Crippen molar-refractivity contribution in [2.75, 3.05) is 0 Å². The van der Waals surface area contributed by atoms with Gasteiger partial charge in [-0.25, -0.2) is 9.97 Å². The van der Waals surface area contributed by atoms with Crippen molar-refractivity contribution in [3.05, 3.63) is 52.7 Å². The highest BCUT2D eigenvalue weighted by molar-refractivity contribution is 9.10. The second-order valence-corrected chi connectivity index (χ2v) is 6.06. The summed E-state index contributed by atoms with van der Waals surface area (Å²) in [6, 6.07) is 7.79. The number of nitrogens with zero attached hydrogens (tertiary/aromatic N) is 4. The summed E-state index contributed by atoms with van der Waals surface area (Å²) < 4.78 is 2.92. The second kappa shape index (κ2) is 5.50. The highest BCUT2D eigenvalue weighted by Crippen LogP contribution is 2.25. The molecule has 3 rings (SSSR count). The monoisotopic (exact) mass is 350 g/mol. The Hall–Kier alpha value is -1.46. The predicted octanol–water partition coefficient (Wildman–Crippen LogP) is 3.94. The van der Waals surface area contributed by atoms with E-state index in [-0.39, 0.29) is 5.38 Å². The lowest BCUT2D eigenvalue weighted by molar-refractivity contribution is 0.721. The van der Waals surface area contributed by atoms with Crippen molar-refractivity contribution < 1.29 is 0 Å². The van der Waals surface area contributed by atoms with Crippen LogP contribution in [0.4, 0.5) is 0 Å². The Bertz CT molecular complexity index is 740. The van der Waals surface area contributed by atoms with Crippen molar-refractivity contribution in [3.8, 4) is 0 Å². The van der Waals surface area contributed by atoms with Crippen LogP contribution in [-0.4, -0.2) is 19.5 Å². The SMILES string of the molecule is CC(Cl)c1nc2cc(Br)cnc2n1Cc1ccccn1. The topological polar surface area (TPSA) is 43.6 Å². The molecule has 0 aliphatic rings. The summed E-state index contributed by atoms with van der Waals surface area (Å²) in [5.41, 5.74) is 2.61. The first-order valence-electron chi connectivity index (χ1n) is 6.21. The van der Waals surface area contributed by atoms with Crippen LogP contribution in [0.25, 0.3) is 11.2 Å². The first-order valence-corrected chi connectivity index (χ1v) is 7.44. The van der Waals surface area contributed by atoms with Crippen LogP contribution in [0.5, 0.6) is 0 Å². The molecule has 3 heterocycles. The summed E-state index contributed by atoms with van der Waals surface area (Å²) in [5, 5.41) is -0.188. The Morgan fingerprint density at radius 3 is 2.90 bits per heavy atom. The fraction of sp³-hybridized carbons (Fsp3) is 0.214. The van der Waals surface area contributed by atoms with Gasteiger partial charge in [-0.3, -0.25) is 4.98 Å². The molecule has 0 spiro atoms. The summed E-state index contributed by atoms with van der Waals surface area (Å²) in [4.78, 5) is 13.4. The fourth-order valence-corrected chi connectivity index (χ4v) is 2.60. The van der Waals surface area contributed by atoms with Gasteiger partial charge in [0.15, 0.2) is 5.65 Å². The summed E-state index contributed by atoms with van der Waals surface area (Å²) in [5.74, 6) is 0.804. The summed E-state index contributed by atoms with van der Waals surface area (Å²) >= 11 is 9.66. The third-order valence-electron chi connectivity index (χ3n) is 2.98. The van der Waals surface area contributed by atoms with E-state index in [1.807, 2.05) is 35.8 Å². The second-order valence-electron chi connectivity index (χ2n) is 4.49. The number of halogens is 2. The third kappa shape index (κ3) is 2.55. The lowest BCUT2D eigenvalue weighted by Gasteiger charge is -2.09. The summed E-state index contributed by atoms with van der Waals surface area (Å²) in [7, 11) is 0. The van der Waals surface area contributed by atoms with Gasteiger partial charge in [0.25, 0.3) is 0 Å². The number of imidazole rings is 1. The molecule has 3 aromatic rings. The Labute approximate surface area is 130 Å². The zero-order valence-corrected chi connectivity index (χ0v) is 13.1. The van der Waals surface area contributed by atoms with Crippen molar-refractivity contribution in [1.29, 1.82) is 0 Å². The molecule has 0 bridgehead atoms. The van der Waals surface area contributed by atoms with Crippen molar-refractivity contribution in [3.63, 3.8) is 0 Å². The largest absolute Gasteiger partial charge is 0.305 e. The highest BCUT2D eigenvalue weighted by atomic mass is 79.9. The average Bonchev–Trinajstić information content (AvgIpc) is 2.78. The van der Waals surface area contributed by atoms with Crippen LogP contribution in [-0.2, 0) is 6.54 Å². The van der Waals surface area contributed by atoms with Gasteiger partial charge in [-0.1, -0.05) is 6.07 Å². The van der Waals surface area contributed by atoms with Crippen LogP contribution >= 0.6 is 27.5 Å². The molecular weight excluding hydrogens is 340 g/mol. The zero-order chi connectivity index (χ0) is 14.1. The standard InChI is InChI=1S/C14H12BrClN4/c1-9(16)13-19-12-6-10(15)7-18-14(12)20(13)8-11-4-2-3-5-17-11/h2-7,9H,8H2,1H3. The smallest absolute Gasteiger partial charge is 0.160 e. The Kier molecular flexibility index (Phi) is 3.72. The summed E-state index contributed by atoms with van der Waals surface area (Å²) in [6.07, 6.45) is 3.55. The maximum atomic E-state index is 6.24. The van der Waals surface area contributed by atoms with Crippen molar-refractivity contribution >= 4 is 38.7 Å². The molecule has 0 aliphatic carbocycles. The molecule has 0 N–H and O–H groups in total. The number of hydrogen-bond acceptors (Lipinski definition) is 3. The van der Waals surface area contributed by atoms with Gasteiger partial charge < -0.3 is 4.57 Å². The predicted molar refractivity (Wildman–Crippen MR) is 82.8 cm³/mol. The van der Waals surface area contributed by atoms with Crippen LogP contribution in [0.3, 0.4) is 0 Å². The normalized spacial score (nSPS) is 12.8. The maximum Gasteiger partial charge on any atom is 0.160 e. The molecule has 0 saturated carbocycles. The number of rotatable bonds is 3. The van der Waals surface area contributed by atoms with Crippen molar-refractivity contribution in [1.82, 2.24) is 19.5 Å². The molecule has 0 fully saturated rings. The Morgan fingerprint density at radius 1 is 1.35 bits per heavy atom. The Morgan fingerprint density at radius 2 is 2.20 bits per heavy atom. The Balaban J connectivity index is 2.14. The van der Waals surface area contributed by atoms with E-state index in [9.17, 15) is 0 Å². The summed E-state index contributed by atoms with van der Waals surface area (Å²) in [6.45, 7) is 2.52. The van der Waals surface area contributed by atoms with Crippen LogP contribution < -0.4 is 0 Å². The molecule has 4 nitrogen and oxygen atoms in total. The molecule has 6 heteroatoms. The number of pyridine rings is 2. The van der Waals surface area contributed by atoms with Gasteiger partial charge in [-0.2, -0.15) is 0 Å². The van der Waals surface area contributed by atoms with Gasteiger partial charge >= 0.3 is 0 Å². The first kappa shape index (κ1) is 13.5. The molecule has 0 aliphatic heterocycles. The van der Waals surface area contributed by atoms with E-state index in [2.05, 4.69) is 30.9 Å². The van der Waals surface area contributed by atoms with Gasteiger partial charge in [-0.05, 0) is 41.1 Å². The van der Waals surface area contributed by atoms with E-state index >= 15 is 0 Å². The molecule has 0 radical (unpaired) electrons. The molecule has 0 saturated heterocycles. The maximum absolute atomic E-state index is 6.24.